The normalized spacial score (nSPS) is 13.0. The molecule has 0 spiro atoms. The van der Waals surface area contributed by atoms with Crippen LogP contribution >= 0.6 is 15.9 Å². The summed E-state index contributed by atoms with van der Waals surface area (Å²) in [6, 6.07) is 114. The Morgan fingerprint density at radius 1 is 0.234 bits per heavy atom. The third-order valence-electron chi connectivity index (χ3n) is 20.0. The van der Waals surface area contributed by atoms with Crippen molar-refractivity contribution in [1.82, 2.24) is 0 Å². The molecule has 0 radical (unpaired) electrons. The van der Waals surface area contributed by atoms with Crippen molar-refractivity contribution in [3.8, 4) is 77.9 Å². The van der Waals surface area contributed by atoms with Gasteiger partial charge >= 0.3 is 7.12 Å². The fourth-order valence-electron chi connectivity index (χ4n) is 15.1. The molecule has 0 heterocycles. The third kappa shape index (κ3) is 10.4. The fraction of sp³-hybridized carbons (Fsp3) is 0.0667. The van der Waals surface area contributed by atoms with Gasteiger partial charge in [-0.15, -0.1) is 0 Å². The van der Waals surface area contributed by atoms with Gasteiger partial charge in [0, 0.05) is 15.3 Å². The molecule has 0 amide bonds. The first-order valence-corrected chi connectivity index (χ1v) is 33.2. The number of hydrogen-bond acceptors (Lipinski definition) is 2. The second-order valence-corrected chi connectivity index (χ2v) is 27.2. The van der Waals surface area contributed by atoms with E-state index in [1.165, 1.54) is 148 Å². The SMILES string of the molecule is CC1(C)c2ccccc2-c2ccc(-c3ccc4cc(-c5cccc(-c6cc7ccccc7c7ccccc67)c5)ccc4c3)cc21.CC1(C)c2ccccc2-c2ccc(-c3ccc4cc(Br)ccc4c3)cc21.OB(O)c1cccc(-c2cc3ccccc3c3ccccc23)c1. The number of halogens is 1. The van der Waals surface area contributed by atoms with Crippen LogP contribution in [-0.4, -0.2) is 17.2 Å². The number of rotatable bonds is 6. The molecule has 0 saturated heterocycles. The van der Waals surface area contributed by atoms with Gasteiger partial charge in [-0.25, -0.2) is 0 Å². The Hall–Kier alpha value is -10.5. The quantitative estimate of drug-likeness (QED) is 0.129. The van der Waals surface area contributed by atoms with Gasteiger partial charge < -0.3 is 10.0 Å². The standard InChI is InChI=1S/C45H32.C25H19Br.C20H15BO2/c1-45(2)43-17-8-7-16-40(43)41-23-22-34(28-44(41)45)33-21-20-31-24-30(18-19-32(31)25-33)29-11-9-12-35(26-29)42-27-36-10-3-4-13-37(36)38-14-5-6-15-39(38)42;1-25(2)23-6-4-3-5-21(23)22-12-10-19(15-24(22)25)16-7-8-18-14-20(26)11-9-17(18)13-16;22-21(23)16-8-5-7-14(12-16)20-13-15-6-1-2-9-17(15)18-10-3-4-11-19(18)20/h3-28H,1-2H3;3-15H,1-2H3;1-13,22-23H. The average molecular weight is 1270 g/mol. The summed E-state index contributed by atoms with van der Waals surface area (Å²) in [5.74, 6) is 0. The van der Waals surface area contributed by atoms with Gasteiger partial charge in [-0.1, -0.05) is 298 Å². The highest BCUT2D eigenvalue weighted by molar-refractivity contribution is 9.10. The largest absolute Gasteiger partial charge is 0.488 e. The Kier molecular flexibility index (Phi) is 14.7. The molecular formula is C90H66BBrO2. The molecule has 448 valence electrons. The monoisotopic (exact) mass is 1270 g/mol. The maximum atomic E-state index is 9.44. The molecule has 18 rings (SSSR count). The lowest BCUT2D eigenvalue weighted by atomic mass is 9.78. The zero-order valence-electron chi connectivity index (χ0n) is 52.9. The minimum Gasteiger partial charge on any atom is -0.423 e. The fourth-order valence-corrected chi connectivity index (χ4v) is 15.5. The van der Waals surface area contributed by atoms with Crippen molar-refractivity contribution in [2.24, 2.45) is 0 Å². The molecule has 0 aliphatic heterocycles. The van der Waals surface area contributed by atoms with E-state index in [0.29, 0.717) is 5.46 Å². The van der Waals surface area contributed by atoms with Crippen molar-refractivity contribution < 1.29 is 10.0 Å². The molecular weight excluding hydrogens is 1200 g/mol. The summed E-state index contributed by atoms with van der Waals surface area (Å²) in [4.78, 5) is 0. The van der Waals surface area contributed by atoms with Crippen molar-refractivity contribution in [3.63, 3.8) is 0 Å². The van der Waals surface area contributed by atoms with Gasteiger partial charge in [-0.2, -0.15) is 0 Å². The van der Waals surface area contributed by atoms with Gasteiger partial charge in [0.25, 0.3) is 0 Å². The van der Waals surface area contributed by atoms with Crippen LogP contribution < -0.4 is 5.46 Å². The summed E-state index contributed by atoms with van der Waals surface area (Å²) >= 11 is 3.56. The number of fused-ring (bicyclic) bond motifs is 14. The molecule has 0 saturated carbocycles. The van der Waals surface area contributed by atoms with Crippen LogP contribution in [0.2, 0.25) is 0 Å². The van der Waals surface area contributed by atoms with E-state index in [2.05, 4.69) is 317 Å². The van der Waals surface area contributed by atoms with Gasteiger partial charge in [-0.05, 0) is 231 Å². The zero-order chi connectivity index (χ0) is 63.8. The minimum atomic E-state index is -1.46. The summed E-state index contributed by atoms with van der Waals surface area (Å²) in [7, 11) is -1.46. The topological polar surface area (TPSA) is 40.5 Å². The van der Waals surface area contributed by atoms with Crippen LogP contribution in [0.15, 0.2) is 320 Å². The Balaban J connectivity index is 0.000000121. The highest BCUT2D eigenvalue weighted by Gasteiger charge is 2.36. The zero-order valence-corrected chi connectivity index (χ0v) is 54.5. The van der Waals surface area contributed by atoms with E-state index in [1.54, 1.807) is 6.07 Å². The first-order valence-electron chi connectivity index (χ1n) is 32.4. The van der Waals surface area contributed by atoms with E-state index in [0.717, 1.165) is 21.0 Å². The molecule has 2 nitrogen and oxygen atoms in total. The van der Waals surface area contributed by atoms with Crippen molar-refractivity contribution in [3.05, 3.63) is 342 Å². The Morgan fingerprint density at radius 3 is 1.07 bits per heavy atom. The lowest BCUT2D eigenvalue weighted by molar-refractivity contribution is 0.426. The lowest BCUT2D eigenvalue weighted by Gasteiger charge is -2.22. The van der Waals surface area contributed by atoms with Crippen LogP contribution in [0.1, 0.15) is 49.9 Å². The third-order valence-corrected chi connectivity index (χ3v) is 20.5. The molecule has 16 aromatic carbocycles. The van der Waals surface area contributed by atoms with E-state index in [9.17, 15) is 10.0 Å². The highest BCUT2D eigenvalue weighted by atomic mass is 79.9. The van der Waals surface area contributed by atoms with Crippen LogP contribution in [0.3, 0.4) is 0 Å². The van der Waals surface area contributed by atoms with Crippen LogP contribution in [0.25, 0.3) is 143 Å². The summed E-state index contributed by atoms with van der Waals surface area (Å²) in [5.41, 5.74) is 23.9. The number of hydrogen-bond donors (Lipinski definition) is 2. The molecule has 94 heavy (non-hydrogen) atoms. The van der Waals surface area contributed by atoms with E-state index in [4.69, 9.17) is 0 Å². The maximum absolute atomic E-state index is 9.44. The lowest BCUT2D eigenvalue weighted by Crippen LogP contribution is -2.29. The summed E-state index contributed by atoms with van der Waals surface area (Å²) in [6.07, 6.45) is 0. The molecule has 2 N–H and O–H groups in total. The molecule has 16 aromatic rings. The number of benzene rings is 16. The highest BCUT2D eigenvalue weighted by Crippen LogP contribution is 2.51. The van der Waals surface area contributed by atoms with Crippen molar-refractivity contribution in [1.29, 1.82) is 0 Å². The van der Waals surface area contributed by atoms with E-state index < -0.39 is 7.12 Å². The van der Waals surface area contributed by atoms with Crippen LogP contribution in [0.4, 0.5) is 0 Å². The van der Waals surface area contributed by atoms with Crippen molar-refractivity contribution >= 4 is 93.1 Å². The van der Waals surface area contributed by atoms with Crippen LogP contribution in [0.5, 0.6) is 0 Å². The first kappa shape index (κ1) is 58.6. The van der Waals surface area contributed by atoms with E-state index in [1.807, 2.05) is 36.4 Å². The molecule has 0 unspecified atom stereocenters. The van der Waals surface area contributed by atoms with Gasteiger partial charge in [-0.3, -0.25) is 0 Å². The van der Waals surface area contributed by atoms with E-state index >= 15 is 0 Å². The first-order chi connectivity index (χ1) is 45.8. The second kappa shape index (κ2) is 23.6. The van der Waals surface area contributed by atoms with Gasteiger partial charge in [0.15, 0.2) is 0 Å². The summed E-state index contributed by atoms with van der Waals surface area (Å²) in [6.45, 7) is 9.36. The molecule has 2 aliphatic rings. The summed E-state index contributed by atoms with van der Waals surface area (Å²) in [5, 5.41) is 33.9. The smallest absolute Gasteiger partial charge is 0.423 e. The maximum Gasteiger partial charge on any atom is 0.488 e. The Morgan fingerprint density at radius 2 is 0.585 bits per heavy atom. The van der Waals surface area contributed by atoms with Crippen LogP contribution in [0, 0.1) is 0 Å². The van der Waals surface area contributed by atoms with Gasteiger partial charge in [0.1, 0.15) is 0 Å². The summed E-state index contributed by atoms with van der Waals surface area (Å²) < 4.78 is 1.12. The average Bonchev–Trinajstić information content (AvgIpc) is 1.56. The minimum absolute atomic E-state index is 0.00135. The molecule has 0 aromatic heterocycles. The predicted octanol–water partition coefficient (Wildman–Crippen LogP) is 23.4. The molecule has 2 aliphatic carbocycles. The predicted molar refractivity (Wildman–Crippen MR) is 404 cm³/mol. The second-order valence-electron chi connectivity index (χ2n) is 26.3. The molecule has 0 fully saturated rings. The van der Waals surface area contributed by atoms with Crippen molar-refractivity contribution in [2.75, 3.05) is 0 Å². The van der Waals surface area contributed by atoms with Gasteiger partial charge in [0.05, 0.1) is 0 Å². The Labute approximate surface area is 558 Å². The molecule has 0 bridgehead atoms. The van der Waals surface area contributed by atoms with E-state index in [-0.39, 0.29) is 10.8 Å². The molecule has 0 atom stereocenters. The molecule has 4 heteroatoms. The van der Waals surface area contributed by atoms with Gasteiger partial charge in [0.2, 0.25) is 0 Å². The Bertz CT molecular complexity index is 5700. The van der Waals surface area contributed by atoms with Crippen molar-refractivity contribution in [2.45, 2.75) is 38.5 Å². The van der Waals surface area contributed by atoms with Crippen LogP contribution in [-0.2, 0) is 10.8 Å².